The van der Waals surface area contributed by atoms with Crippen molar-refractivity contribution in [2.24, 2.45) is 5.73 Å². The molecular formula is C24H23Cl2FN6O2. The summed E-state index contributed by atoms with van der Waals surface area (Å²) in [4.78, 5) is 10.1. The van der Waals surface area contributed by atoms with Crippen molar-refractivity contribution in [1.29, 1.82) is 0 Å². The lowest BCUT2D eigenvalue weighted by atomic mass is 9.92. The highest BCUT2D eigenvalue weighted by atomic mass is 35.5. The molecule has 0 bridgehead atoms. The maximum atomic E-state index is 15.0. The fourth-order valence-electron chi connectivity index (χ4n) is 4.39. The first-order valence-corrected chi connectivity index (χ1v) is 11.7. The van der Waals surface area contributed by atoms with Crippen molar-refractivity contribution in [1.82, 2.24) is 20.2 Å². The number of ether oxygens (including phenoxy) is 2. The number of hydrogen-bond donors (Lipinski definition) is 2. The van der Waals surface area contributed by atoms with Gasteiger partial charge in [0.05, 0.1) is 27.7 Å². The van der Waals surface area contributed by atoms with Crippen LogP contribution in [0.15, 0.2) is 42.9 Å². The average molecular weight is 517 g/mol. The number of rotatable bonds is 7. The highest BCUT2D eigenvalue weighted by molar-refractivity contribution is 6.35. The van der Waals surface area contributed by atoms with Crippen molar-refractivity contribution in [3.8, 4) is 17.0 Å². The van der Waals surface area contributed by atoms with Crippen LogP contribution in [-0.2, 0) is 4.74 Å². The molecule has 1 aromatic carbocycles. The lowest BCUT2D eigenvalue weighted by molar-refractivity contribution is 0.113. The van der Waals surface area contributed by atoms with Gasteiger partial charge in [-0.2, -0.15) is 5.10 Å². The second-order valence-electron chi connectivity index (χ2n) is 8.74. The minimum absolute atomic E-state index is 0.259. The van der Waals surface area contributed by atoms with E-state index >= 15 is 0 Å². The first-order chi connectivity index (χ1) is 16.8. The Morgan fingerprint density at radius 1 is 1.20 bits per heavy atom. The molecule has 8 nitrogen and oxygen atoms in total. The molecule has 1 fully saturated rings. The summed E-state index contributed by atoms with van der Waals surface area (Å²) in [5.74, 6) is 0.399. The number of aromatic nitrogens is 4. The molecule has 0 amide bonds. The van der Waals surface area contributed by atoms with Crippen LogP contribution in [0.3, 0.4) is 0 Å². The molecule has 0 saturated carbocycles. The van der Waals surface area contributed by atoms with Crippen molar-refractivity contribution in [2.45, 2.75) is 18.6 Å². The molecule has 182 valence electrons. The number of fused-ring (bicyclic) bond motifs is 1. The number of benzene rings is 1. The second-order valence-corrected chi connectivity index (χ2v) is 9.55. The van der Waals surface area contributed by atoms with Gasteiger partial charge in [0, 0.05) is 55.3 Å². The fourth-order valence-corrected chi connectivity index (χ4v) is 5.07. The van der Waals surface area contributed by atoms with Crippen LogP contribution < -0.4 is 15.4 Å². The first kappa shape index (κ1) is 23.7. The van der Waals surface area contributed by atoms with Gasteiger partial charge in [0.2, 0.25) is 0 Å². The number of halogens is 3. The summed E-state index contributed by atoms with van der Waals surface area (Å²) in [5, 5.41) is 8.97. The minimum atomic E-state index is -0.488. The van der Waals surface area contributed by atoms with Gasteiger partial charge in [-0.15, -0.1) is 0 Å². The Bertz CT molecular complexity index is 1370. The van der Waals surface area contributed by atoms with Crippen LogP contribution in [0.4, 0.5) is 10.2 Å². The molecule has 1 aliphatic rings. The van der Waals surface area contributed by atoms with Gasteiger partial charge in [0.1, 0.15) is 17.5 Å². The number of nitrogens with one attached hydrogen (secondary N) is 1. The normalized spacial score (nSPS) is 15.8. The van der Waals surface area contributed by atoms with Crippen LogP contribution in [0.2, 0.25) is 10.0 Å². The Morgan fingerprint density at radius 2 is 1.94 bits per heavy atom. The van der Waals surface area contributed by atoms with Crippen molar-refractivity contribution in [3.63, 3.8) is 0 Å². The van der Waals surface area contributed by atoms with Crippen LogP contribution in [-0.4, -0.2) is 52.5 Å². The number of anilines is 1. The molecule has 0 aliphatic carbocycles. The molecule has 1 aliphatic heterocycles. The van der Waals surface area contributed by atoms with E-state index in [0.29, 0.717) is 52.3 Å². The predicted octanol–water partition coefficient (Wildman–Crippen LogP) is 4.77. The van der Waals surface area contributed by atoms with E-state index in [2.05, 4.69) is 20.2 Å². The quantitative estimate of drug-likeness (QED) is 0.364. The molecule has 0 unspecified atom stereocenters. The number of pyridine rings is 2. The number of methoxy groups -OCH3 is 1. The van der Waals surface area contributed by atoms with Crippen LogP contribution in [0.1, 0.15) is 18.6 Å². The van der Waals surface area contributed by atoms with E-state index in [1.807, 2.05) is 25.1 Å². The van der Waals surface area contributed by atoms with Gasteiger partial charge < -0.3 is 20.1 Å². The smallest absolute Gasteiger partial charge is 0.166 e. The van der Waals surface area contributed by atoms with Gasteiger partial charge in [-0.25, -0.2) is 9.37 Å². The van der Waals surface area contributed by atoms with Crippen LogP contribution in [0, 0.1) is 5.82 Å². The molecule has 4 aromatic rings. The lowest BCUT2D eigenvalue weighted by Crippen LogP contribution is -2.70. The summed E-state index contributed by atoms with van der Waals surface area (Å²) in [7, 11) is 1.60. The van der Waals surface area contributed by atoms with E-state index < -0.39 is 17.5 Å². The molecule has 0 radical (unpaired) electrons. The third kappa shape index (κ3) is 4.52. The van der Waals surface area contributed by atoms with Gasteiger partial charge in [0.15, 0.2) is 11.6 Å². The van der Waals surface area contributed by atoms with Gasteiger partial charge in [-0.05, 0) is 31.2 Å². The van der Waals surface area contributed by atoms with E-state index in [1.54, 1.807) is 18.2 Å². The standard InChI is InChI=1S/C24H23Cl2FN6O2/c1-13(21-17(25)8-29-9-18(21)26)35-15-3-4-20-16(6-15)22(32-31-20)14-5-19(27)23(30-7-14)33-10-24(28,11-33)12-34-2/h3-9,13H,10-12,28H2,1-2H3,(H,31,32)/t13-/m1/s1. The van der Waals surface area contributed by atoms with E-state index in [4.69, 9.17) is 38.4 Å². The second kappa shape index (κ2) is 9.23. The summed E-state index contributed by atoms with van der Waals surface area (Å²) >= 11 is 12.5. The molecule has 4 heterocycles. The molecule has 3 aromatic heterocycles. The van der Waals surface area contributed by atoms with Gasteiger partial charge in [-0.3, -0.25) is 10.1 Å². The Morgan fingerprint density at radius 3 is 2.63 bits per heavy atom. The maximum Gasteiger partial charge on any atom is 0.166 e. The number of nitrogens with two attached hydrogens (primary N) is 1. The minimum Gasteiger partial charge on any atom is -0.486 e. The number of H-pyrrole nitrogens is 1. The fraction of sp³-hybridized carbons (Fsp3) is 0.292. The molecule has 35 heavy (non-hydrogen) atoms. The van der Waals surface area contributed by atoms with E-state index in [0.717, 1.165) is 10.9 Å². The van der Waals surface area contributed by atoms with Crippen molar-refractivity contribution in [3.05, 3.63) is 64.3 Å². The van der Waals surface area contributed by atoms with Crippen molar-refractivity contribution >= 4 is 39.9 Å². The maximum absolute atomic E-state index is 15.0. The zero-order valence-electron chi connectivity index (χ0n) is 19.1. The molecule has 0 spiro atoms. The zero-order valence-corrected chi connectivity index (χ0v) is 20.6. The van der Waals surface area contributed by atoms with E-state index in [9.17, 15) is 4.39 Å². The topological polar surface area (TPSA) is 102 Å². The molecule has 1 atom stereocenters. The molecule has 3 N–H and O–H groups in total. The van der Waals surface area contributed by atoms with Gasteiger partial charge in [-0.1, -0.05) is 23.2 Å². The van der Waals surface area contributed by atoms with E-state index in [1.165, 1.54) is 18.5 Å². The largest absolute Gasteiger partial charge is 0.486 e. The SMILES string of the molecule is COCC1(N)CN(c2ncc(-c3n[nH]c4ccc(O[C@H](C)c5c(Cl)cncc5Cl)cc34)cc2F)C1. The Balaban J connectivity index is 1.40. The number of aromatic amines is 1. The summed E-state index contributed by atoms with van der Waals surface area (Å²) in [6.07, 6.45) is 4.23. The molecule has 1 saturated heterocycles. The summed E-state index contributed by atoms with van der Waals surface area (Å²) in [6.45, 7) is 3.20. The van der Waals surface area contributed by atoms with Crippen LogP contribution in [0.25, 0.3) is 22.2 Å². The summed E-state index contributed by atoms with van der Waals surface area (Å²) < 4.78 is 26.2. The number of hydrogen-bond acceptors (Lipinski definition) is 7. The van der Waals surface area contributed by atoms with E-state index in [-0.39, 0.29) is 5.82 Å². The summed E-state index contributed by atoms with van der Waals surface area (Å²) in [6, 6.07) is 6.92. The molecule has 11 heteroatoms. The Hall–Kier alpha value is -2.98. The highest BCUT2D eigenvalue weighted by Gasteiger charge is 2.41. The number of nitrogens with zero attached hydrogens (tertiary/aromatic N) is 4. The third-order valence-electron chi connectivity index (χ3n) is 5.98. The molecular weight excluding hydrogens is 494 g/mol. The Labute approximate surface area is 211 Å². The van der Waals surface area contributed by atoms with Crippen molar-refractivity contribution < 1.29 is 13.9 Å². The highest BCUT2D eigenvalue weighted by Crippen LogP contribution is 2.36. The van der Waals surface area contributed by atoms with Gasteiger partial charge >= 0.3 is 0 Å². The van der Waals surface area contributed by atoms with Crippen LogP contribution in [0.5, 0.6) is 5.75 Å². The summed E-state index contributed by atoms with van der Waals surface area (Å²) in [5.41, 5.74) is 8.24. The van der Waals surface area contributed by atoms with Gasteiger partial charge in [0.25, 0.3) is 0 Å². The lowest BCUT2D eigenvalue weighted by Gasteiger charge is -2.47. The zero-order chi connectivity index (χ0) is 24.7. The third-order valence-corrected chi connectivity index (χ3v) is 6.58. The Kier molecular flexibility index (Phi) is 6.27. The molecule has 5 rings (SSSR count). The average Bonchev–Trinajstić information content (AvgIpc) is 3.21. The van der Waals surface area contributed by atoms with Crippen molar-refractivity contribution in [2.75, 3.05) is 31.7 Å². The monoisotopic (exact) mass is 516 g/mol. The van der Waals surface area contributed by atoms with Crippen LogP contribution >= 0.6 is 23.2 Å². The predicted molar refractivity (Wildman–Crippen MR) is 134 cm³/mol. The first-order valence-electron chi connectivity index (χ1n) is 10.9.